The van der Waals surface area contributed by atoms with Gasteiger partial charge in [0.25, 0.3) is 11.8 Å². The normalized spacial score (nSPS) is 16.7. The summed E-state index contributed by atoms with van der Waals surface area (Å²) in [6.45, 7) is 4.07. The minimum atomic E-state index is -0.425. The Labute approximate surface area is 268 Å². The van der Waals surface area contributed by atoms with E-state index in [1.807, 2.05) is 50.2 Å². The van der Waals surface area contributed by atoms with Crippen molar-refractivity contribution in [1.29, 1.82) is 0 Å². The van der Waals surface area contributed by atoms with Crippen molar-refractivity contribution in [3.8, 4) is 17.2 Å². The predicted octanol–water partition coefficient (Wildman–Crippen LogP) is 6.14. The largest absolute Gasteiger partial charge is 0.497 e. The maximum atomic E-state index is 14.1. The number of imidazole rings is 1. The lowest BCUT2D eigenvalue weighted by atomic mass is 10.1. The smallest absolute Gasteiger partial charge is 0.333 e. The molecule has 0 spiro atoms. The van der Waals surface area contributed by atoms with Crippen molar-refractivity contribution in [3.05, 3.63) is 109 Å². The van der Waals surface area contributed by atoms with E-state index in [9.17, 15) is 14.4 Å². The van der Waals surface area contributed by atoms with Gasteiger partial charge in [0.1, 0.15) is 17.2 Å². The molecule has 2 heterocycles. The zero-order valence-electron chi connectivity index (χ0n) is 24.6. The Morgan fingerprint density at radius 2 is 1.70 bits per heavy atom. The highest BCUT2D eigenvalue weighted by Crippen LogP contribution is 2.30. The van der Waals surface area contributed by atoms with Crippen molar-refractivity contribution in [1.82, 2.24) is 19.4 Å². The molecule has 1 saturated carbocycles. The number of amides is 2. The van der Waals surface area contributed by atoms with E-state index in [0.29, 0.717) is 37.9 Å². The van der Waals surface area contributed by atoms with Gasteiger partial charge in [0, 0.05) is 22.6 Å². The van der Waals surface area contributed by atoms with Crippen LogP contribution in [0.1, 0.15) is 64.8 Å². The number of nitrogens with one attached hydrogen (secondary N) is 1. The van der Waals surface area contributed by atoms with Gasteiger partial charge < -0.3 is 19.7 Å². The SMILES string of the molecule is COc1ccc(C(C)NC(=O)c2c3n(c(=O)n2-c2ccc(OC4CC4)cc2)C[C@@H](C)N(C(=O)c2ccc(Br)c(Cl)c2)C3)cc1. The average molecular weight is 680 g/mol. The summed E-state index contributed by atoms with van der Waals surface area (Å²) >= 11 is 9.67. The molecule has 44 heavy (non-hydrogen) atoms. The quantitative estimate of drug-likeness (QED) is 0.242. The molecule has 0 saturated heterocycles. The molecule has 1 aromatic heterocycles. The lowest BCUT2D eigenvalue weighted by Crippen LogP contribution is -2.47. The number of halogens is 2. The molecule has 1 fully saturated rings. The number of carbonyl (C=O) groups excluding carboxylic acids is 2. The van der Waals surface area contributed by atoms with Gasteiger partial charge in [-0.25, -0.2) is 4.79 Å². The lowest BCUT2D eigenvalue weighted by molar-refractivity contribution is 0.0610. The first-order valence-electron chi connectivity index (χ1n) is 14.5. The molecular weight excluding hydrogens is 648 g/mol. The van der Waals surface area contributed by atoms with Crippen LogP contribution in [0.25, 0.3) is 5.69 Å². The van der Waals surface area contributed by atoms with Crippen molar-refractivity contribution < 1.29 is 19.1 Å². The summed E-state index contributed by atoms with van der Waals surface area (Å²) in [6, 6.07) is 19.0. The van der Waals surface area contributed by atoms with Gasteiger partial charge in [-0.2, -0.15) is 0 Å². The molecule has 2 aliphatic rings. The zero-order chi connectivity index (χ0) is 31.1. The number of hydrogen-bond donors (Lipinski definition) is 1. The first-order valence-corrected chi connectivity index (χ1v) is 15.6. The standard InChI is InChI=1S/C33H32BrClN4O5/c1-19-17-38-29(18-37(19)32(41)22-6-15-27(34)28(35)16-22)30(31(40)36-20(2)21-4-9-24(43-3)10-5-21)39(33(38)42)23-7-11-25(12-8-23)44-26-13-14-26/h4-12,15-16,19-20,26H,13-14,17-18H2,1-3H3,(H,36,40)/t19-,20?/m1/s1. The fraction of sp³-hybridized carbons (Fsp3) is 0.303. The van der Waals surface area contributed by atoms with Gasteiger partial charge in [0.2, 0.25) is 0 Å². The van der Waals surface area contributed by atoms with E-state index in [0.717, 1.165) is 18.4 Å². The van der Waals surface area contributed by atoms with Crippen LogP contribution in [-0.4, -0.2) is 45.1 Å². The van der Waals surface area contributed by atoms with Crippen molar-refractivity contribution >= 4 is 39.3 Å². The molecular formula is C33H32BrClN4O5. The molecule has 0 radical (unpaired) electrons. The third kappa shape index (κ3) is 5.88. The second kappa shape index (κ2) is 12.2. The lowest BCUT2D eigenvalue weighted by Gasteiger charge is -2.34. The summed E-state index contributed by atoms with van der Waals surface area (Å²) in [6.07, 6.45) is 2.30. The van der Waals surface area contributed by atoms with Crippen LogP contribution in [0.2, 0.25) is 5.02 Å². The van der Waals surface area contributed by atoms with E-state index in [2.05, 4.69) is 21.2 Å². The Morgan fingerprint density at radius 3 is 2.34 bits per heavy atom. The molecule has 0 bridgehead atoms. The van der Waals surface area contributed by atoms with Gasteiger partial charge in [0.15, 0.2) is 0 Å². The van der Waals surface area contributed by atoms with Crippen LogP contribution in [0, 0.1) is 0 Å². The first kappa shape index (κ1) is 30.0. The van der Waals surface area contributed by atoms with E-state index in [1.54, 1.807) is 46.9 Å². The van der Waals surface area contributed by atoms with E-state index in [-0.39, 0.29) is 48.6 Å². The van der Waals surface area contributed by atoms with Crippen LogP contribution in [0.5, 0.6) is 11.5 Å². The second-order valence-corrected chi connectivity index (χ2v) is 12.5. The maximum Gasteiger partial charge on any atom is 0.333 e. The van der Waals surface area contributed by atoms with Crippen molar-refractivity contribution in [3.63, 3.8) is 0 Å². The number of ether oxygens (including phenoxy) is 2. The Bertz CT molecular complexity index is 1780. The molecule has 3 aromatic carbocycles. The average Bonchev–Trinajstić information content (AvgIpc) is 3.80. The summed E-state index contributed by atoms with van der Waals surface area (Å²) in [5.41, 5.74) is 2.13. The highest BCUT2D eigenvalue weighted by molar-refractivity contribution is 9.10. The molecule has 9 nitrogen and oxygen atoms in total. The zero-order valence-corrected chi connectivity index (χ0v) is 26.9. The fourth-order valence-corrected chi connectivity index (χ4v) is 5.88. The molecule has 1 unspecified atom stereocenters. The van der Waals surface area contributed by atoms with Crippen LogP contribution in [0.3, 0.4) is 0 Å². The number of aromatic nitrogens is 2. The minimum absolute atomic E-state index is 0.0679. The van der Waals surface area contributed by atoms with Gasteiger partial charge in [-0.15, -0.1) is 0 Å². The van der Waals surface area contributed by atoms with Gasteiger partial charge in [-0.3, -0.25) is 18.7 Å². The number of fused-ring (bicyclic) bond motifs is 1. The van der Waals surface area contributed by atoms with Crippen LogP contribution < -0.4 is 20.5 Å². The third-order valence-corrected chi connectivity index (χ3v) is 9.30. The van der Waals surface area contributed by atoms with E-state index >= 15 is 0 Å². The Kier molecular flexibility index (Phi) is 8.30. The van der Waals surface area contributed by atoms with Gasteiger partial charge in [0.05, 0.1) is 42.2 Å². The Balaban J connectivity index is 1.39. The minimum Gasteiger partial charge on any atom is -0.497 e. The van der Waals surface area contributed by atoms with E-state index in [1.165, 1.54) is 4.57 Å². The predicted molar refractivity (Wildman–Crippen MR) is 171 cm³/mol. The molecule has 11 heteroatoms. The Hall–Kier alpha value is -4.02. The molecule has 1 aliphatic carbocycles. The maximum absolute atomic E-state index is 14.1. The molecule has 1 N–H and O–H groups in total. The summed E-state index contributed by atoms with van der Waals surface area (Å²) < 4.78 is 14.9. The van der Waals surface area contributed by atoms with Crippen LogP contribution in [0.4, 0.5) is 0 Å². The summed E-state index contributed by atoms with van der Waals surface area (Å²) in [4.78, 5) is 43.5. The fourth-order valence-electron chi connectivity index (χ4n) is 5.45. The number of methoxy groups -OCH3 is 1. The summed E-state index contributed by atoms with van der Waals surface area (Å²) in [5, 5.41) is 3.49. The van der Waals surface area contributed by atoms with Gasteiger partial charge in [-0.05, 0) is 103 Å². The van der Waals surface area contributed by atoms with Crippen molar-refractivity contribution in [2.45, 2.75) is 58.0 Å². The van der Waals surface area contributed by atoms with Gasteiger partial charge >= 0.3 is 5.69 Å². The van der Waals surface area contributed by atoms with Crippen LogP contribution in [0.15, 0.2) is 76.0 Å². The molecule has 228 valence electrons. The van der Waals surface area contributed by atoms with E-state index in [4.69, 9.17) is 21.1 Å². The highest BCUT2D eigenvalue weighted by Gasteiger charge is 2.36. The monoisotopic (exact) mass is 678 g/mol. The third-order valence-electron chi connectivity index (χ3n) is 8.07. The van der Waals surface area contributed by atoms with E-state index < -0.39 is 5.91 Å². The topological polar surface area (TPSA) is 94.8 Å². The molecule has 2 atom stereocenters. The first-order chi connectivity index (χ1) is 21.1. The van der Waals surface area contributed by atoms with Crippen molar-refractivity contribution in [2.24, 2.45) is 0 Å². The van der Waals surface area contributed by atoms with Crippen LogP contribution in [-0.2, 0) is 13.1 Å². The number of carbonyl (C=O) groups is 2. The molecule has 4 aromatic rings. The number of hydrogen-bond acceptors (Lipinski definition) is 5. The highest BCUT2D eigenvalue weighted by atomic mass is 79.9. The molecule has 6 rings (SSSR count). The number of rotatable bonds is 8. The summed E-state index contributed by atoms with van der Waals surface area (Å²) in [5.74, 6) is 0.762. The van der Waals surface area contributed by atoms with Crippen LogP contribution >= 0.6 is 27.5 Å². The molecule has 1 aliphatic heterocycles. The second-order valence-electron chi connectivity index (χ2n) is 11.2. The number of nitrogens with zero attached hydrogens (tertiary/aromatic N) is 3. The van der Waals surface area contributed by atoms with Gasteiger partial charge in [-0.1, -0.05) is 23.7 Å². The summed E-state index contributed by atoms with van der Waals surface area (Å²) in [7, 11) is 1.60. The van der Waals surface area contributed by atoms with Crippen molar-refractivity contribution in [2.75, 3.05) is 7.11 Å². The molecule has 2 amide bonds. The number of benzene rings is 3. The Morgan fingerprint density at radius 1 is 1.02 bits per heavy atom.